The van der Waals surface area contributed by atoms with Crippen LogP contribution in [-0.4, -0.2) is 20.0 Å². The van der Waals surface area contributed by atoms with Gasteiger partial charge in [-0.2, -0.15) is 0 Å². The number of hydrogen-bond donors (Lipinski definition) is 0. The molecule has 0 aliphatic carbocycles. The SMILES string of the molecule is C/C(=N\[S@+]([O-])C(C)(C)C)c1coc(-c2ccccc2F)n1. The average Bonchev–Trinajstić information content (AvgIpc) is 2.87. The molecule has 6 heteroatoms. The fraction of sp³-hybridized carbons (Fsp3) is 0.333. The fourth-order valence-electron chi connectivity index (χ4n) is 1.51. The number of halogens is 1. The summed E-state index contributed by atoms with van der Waals surface area (Å²) in [5, 5.41) is 0. The third kappa shape index (κ3) is 3.71. The molecule has 0 N–H and O–H groups in total. The van der Waals surface area contributed by atoms with Gasteiger partial charge < -0.3 is 8.97 Å². The Bertz CT molecular complexity index is 662. The van der Waals surface area contributed by atoms with Crippen molar-refractivity contribution in [2.24, 2.45) is 4.40 Å². The van der Waals surface area contributed by atoms with Gasteiger partial charge in [0.2, 0.25) is 5.89 Å². The van der Waals surface area contributed by atoms with Gasteiger partial charge in [0, 0.05) is 0 Å². The normalized spacial score (nSPS) is 14.3. The maximum absolute atomic E-state index is 13.7. The Hall–Kier alpha value is -1.66. The predicted octanol–water partition coefficient (Wildman–Crippen LogP) is 3.75. The van der Waals surface area contributed by atoms with E-state index in [0.717, 1.165) is 0 Å². The summed E-state index contributed by atoms with van der Waals surface area (Å²) in [4.78, 5) is 4.20. The molecule has 0 bridgehead atoms. The predicted molar refractivity (Wildman–Crippen MR) is 82.0 cm³/mol. The lowest BCUT2D eigenvalue weighted by Crippen LogP contribution is -2.26. The highest BCUT2D eigenvalue weighted by atomic mass is 32.2. The Morgan fingerprint density at radius 2 is 2.00 bits per heavy atom. The number of nitrogens with zero attached hydrogens (tertiary/aromatic N) is 2. The van der Waals surface area contributed by atoms with E-state index in [2.05, 4.69) is 9.38 Å². The number of benzene rings is 1. The molecule has 21 heavy (non-hydrogen) atoms. The van der Waals surface area contributed by atoms with Gasteiger partial charge in [-0.15, -0.1) is 0 Å². The van der Waals surface area contributed by atoms with Crippen molar-refractivity contribution >= 4 is 17.1 Å². The van der Waals surface area contributed by atoms with E-state index in [0.29, 0.717) is 11.4 Å². The number of oxazole rings is 1. The maximum Gasteiger partial charge on any atom is 0.229 e. The fourth-order valence-corrected chi connectivity index (χ4v) is 2.12. The standard InChI is InChI=1S/C15H17FN2O2S/c1-10(18-21(19)15(2,3)4)13-9-20-14(17-13)11-7-5-6-8-12(11)16/h5-9H,1-4H3/b18-10+/t21-/m1/s1. The molecule has 0 fully saturated rings. The van der Waals surface area contributed by atoms with Crippen LogP contribution in [-0.2, 0) is 11.4 Å². The van der Waals surface area contributed by atoms with Gasteiger partial charge in [0.15, 0.2) is 0 Å². The summed E-state index contributed by atoms with van der Waals surface area (Å²) in [6.45, 7) is 7.22. The monoisotopic (exact) mass is 308 g/mol. The molecule has 0 saturated carbocycles. The molecular weight excluding hydrogens is 291 g/mol. The van der Waals surface area contributed by atoms with Crippen LogP contribution in [0.5, 0.6) is 0 Å². The first-order chi connectivity index (χ1) is 9.79. The van der Waals surface area contributed by atoms with Crippen molar-refractivity contribution in [3.63, 3.8) is 0 Å². The molecule has 1 aromatic heterocycles. The van der Waals surface area contributed by atoms with E-state index in [4.69, 9.17) is 4.42 Å². The van der Waals surface area contributed by atoms with Crippen molar-refractivity contribution in [1.82, 2.24) is 4.98 Å². The minimum Gasteiger partial charge on any atom is -0.591 e. The van der Waals surface area contributed by atoms with Crippen molar-refractivity contribution in [1.29, 1.82) is 0 Å². The molecule has 0 saturated heterocycles. The van der Waals surface area contributed by atoms with E-state index >= 15 is 0 Å². The minimum absolute atomic E-state index is 0.180. The second kappa shape index (κ2) is 5.99. The first-order valence-corrected chi connectivity index (χ1v) is 7.58. The smallest absolute Gasteiger partial charge is 0.229 e. The molecule has 2 rings (SSSR count). The van der Waals surface area contributed by atoms with E-state index in [1.165, 1.54) is 12.3 Å². The van der Waals surface area contributed by atoms with E-state index in [1.807, 2.05) is 20.8 Å². The summed E-state index contributed by atoms with van der Waals surface area (Å²) in [7, 11) is 0. The van der Waals surface area contributed by atoms with E-state index in [1.54, 1.807) is 25.1 Å². The summed E-state index contributed by atoms with van der Waals surface area (Å²) in [6.07, 6.45) is 1.39. The molecule has 0 aliphatic heterocycles. The van der Waals surface area contributed by atoms with Crippen LogP contribution >= 0.6 is 0 Å². The van der Waals surface area contributed by atoms with Gasteiger partial charge in [-0.3, -0.25) is 0 Å². The highest BCUT2D eigenvalue weighted by molar-refractivity contribution is 7.91. The zero-order valence-electron chi connectivity index (χ0n) is 12.4. The molecule has 2 aromatic rings. The Labute approximate surface area is 126 Å². The first kappa shape index (κ1) is 15.7. The minimum atomic E-state index is -1.38. The van der Waals surface area contributed by atoms with Crippen LogP contribution in [0.15, 0.2) is 39.3 Å². The largest absolute Gasteiger partial charge is 0.591 e. The Morgan fingerprint density at radius 3 is 2.62 bits per heavy atom. The van der Waals surface area contributed by atoms with Crippen LogP contribution in [0.1, 0.15) is 33.4 Å². The highest BCUT2D eigenvalue weighted by Gasteiger charge is 2.27. The van der Waals surface area contributed by atoms with E-state index < -0.39 is 21.9 Å². The molecule has 1 atom stereocenters. The molecule has 1 heterocycles. The summed E-state index contributed by atoms with van der Waals surface area (Å²) < 4.78 is 34.6. The zero-order valence-corrected chi connectivity index (χ0v) is 13.2. The third-order valence-electron chi connectivity index (χ3n) is 2.72. The van der Waals surface area contributed by atoms with Crippen LogP contribution in [0, 0.1) is 5.82 Å². The van der Waals surface area contributed by atoms with E-state index in [9.17, 15) is 8.94 Å². The second-order valence-electron chi connectivity index (χ2n) is 5.56. The zero-order chi connectivity index (χ0) is 15.6. The highest BCUT2D eigenvalue weighted by Crippen LogP contribution is 2.23. The van der Waals surface area contributed by atoms with Gasteiger partial charge in [-0.25, -0.2) is 9.37 Å². The first-order valence-electron chi connectivity index (χ1n) is 6.47. The molecule has 0 spiro atoms. The average molecular weight is 308 g/mol. The summed E-state index contributed by atoms with van der Waals surface area (Å²) in [5.41, 5.74) is 1.23. The molecule has 0 aliphatic rings. The lowest BCUT2D eigenvalue weighted by Gasteiger charge is -2.18. The van der Waals surface area contributed by atoms with Gasteiger partial charge in [0.05, 0.1) is 5.56 Å². The van der Waals surface area contributed by atoms with Crippen LogP contribution in [0.4, 0.5) is 4.39 Å². The summed E-state index contributed by atoms with van der Waals surface area (Å²) in [6, 6.07) is 6.24. The topological polar surface area (TPSA) is 61.5 Å². The van der Waals surface area contributed by atoms with Crippen LogP contribution in [0.3, 0.4) is 0 Å². The van der Waals surface area contributed by atoms with Gasteiger partial charge in [0.25, 0.3) is 0 Å². The molecular formula is C15H17FN2O2S. The number of aromatic nitrogens is 1. The van der Waals surface area contributed by atoms with Gasteiger partial charge >= 0.3 is 0 Å². The van der Waals surface area contributed by atoms with Crippen LogP contribution < -0.4 is 0 Å². The quantitative estimate of drug-likeness (QED) is 0.641. The number of hydrogen-bond acceptors (Lipinski definition) is 4. The van der Waals surface area contributed by atoms with Crippen molar-refractivity contribution in [3.05, 3.63) is 42.0 Å². The Kier molecular flexibility index (Phi) is 4.49. The van der Waals surface area contributed by atoms with E-state index in [-0.39, 0.29) is 11.5 Å². The summed E-state index contributed by atoms with van der Waals surface area (Å²) in [5.74, 6) is -0.224. The molecule has 0 unspecified atom stereocenters. The van der Waals surface area contributed by atoms with Crippen molar-refractivity contribution in [2.45, 2.75) is 32.4 Å². The summed E-state index contributed by atoms with van der Waals surface area (Å²) >= 11 is -1.38. The van der Waals surface area contributed by atoms with Crippen molar-refractivity contribution < 1.29 is 13.4 Å². The molecule has 112 valence electrons. The second-order valence-corrected chi connectivity index (χ2v) is 7.46. The maximum atomic E-state index is 13.7. The molecule has 0 radical (unpaired) electrons. The van der Waals surface area contributed by atoms with Crippen LogP contribution in [0.2, 0.25) is 0 Å². The van der Waals surface area contributed by atoms with Gasteiger partial charge in [-0.05, 0) is 39.8 Å². The van der Waals surface area contributed by atoms with Crippen molar-refractivity contribution in [3.8, 4) is 11.5 Å². The Balaban J connectivity index is 2.28. The molecule has 4 nitrogen and oxygen atoms in total. The lowest BCUT2D eigenvalue weighted by atomic mass is 10.2. The lowest BCUT2D eigenvalue weighted by molar-refractivity contribution is 0.561. The Morgan fingerprint density at radius 1 is 1.33 bits per heavy atom. The van der Waals surface area contributed by atoms with Gasteiger partial charge in [-0.1, -0.05) is 16.5 Å². The molecule has 1 aromatic carbocycles. The van der Waals surface area contributed by atoms with Gasteiger partial charge in [0.1, 0.15) is 39.6 Å². The van der Waals surface area contributed by atoms with Crippen LogP contribution in [0.25, 0.3) is 11.5 Å². The third-order valence-corrected chi connectivity index (χ3v) is 4.21. The van der Waals surface area contributed by atoms with Crippen molar-refractivity contribution in [2.75, 3.05) is 0 Å². The number of rotatable bonds is 3. The molecule has 0 amide bonds.